The van der Waals surface area contributed by atoms with Gasteiger partial charge in [-0.1, -0.05) is 18.6 Å². The molecule has 0 radical (unpaired) electrons. The number of ketones is 1. The lowest BCUT2D eigenvalue weighted by molar-refractivity contribution is -0.136. The van der Waals surface area contributed by atoms with Crippen molar-refractivity contribution in [2.24, 2.45) is 17.8 Å². The second-order valence-electron chi connectivity index (χ2n) is 8.53. The van der Waals surface area contributed by atoms with Gasteiger partial charge in [-0.2, -0.15) is 8.78 Å². The Hall–Kier alpha value is -3.09. The van der Waals surface area contributed by atoms with Crippen LogP contribution in [0.25, 0.3) is 22.4 Å². The number of alkyl halides is 2. The van der Waals surface area contributed by atoms with E-state index < -0.39 is 6.55 Å². The largest absolute Gasteiger partial charge is 0.326 e. The average molecular weight is 423 g/mol. The third-order valence-electron chi connectivity index (χ3n) is 6.62. The molecule has 7 heteroatoms. The van der Waals surface area contributed by atoms with Crippen LogP contribution in [-0.4, -0.2) is 21.2 Å². The fourth-order valence-electron chi connectivity index (χ4n) is 5.09. The molecule has 31 heavy (non-hydrogen) atoms. The highest BCUT2D eigenvalue weighted by Gasteiger charge is 2.41. The number of benzene rings is 2. The first kappa shape index (κ1) is 19.8. The second-order valence-corrected chi connectivity index (χ2v) is 8.53. The number of nitrogens with zero attached hydrogens (tertiary/aromatic N) is 2. The van der Waals surface area contributed by atoms with E-state index in [1.54, 1.807) is 48.5 Å². The summed E-state index contributed by atoms with van der Waals surface area (Å²) in [5.41, 5.74) is 2.04. The molecule has 1 N–H and O–H groups in total. The zero-order valence-corrected chi connectivity index (χ0v) is 16.9. The van der Waals surface area contributed by atoms with E-state index in [0.717, 1.165) is 23.8 Å². The Morgan fingerprint density at radius 2 is 1.71 bits per heavy atom. The summed E-state index contributed by atoms with van der Waals surface area (Å²) in [6.07, 6.45) is 4.09. The number of para-hydroxylation sites is 2. The van der Waals surface area contributed by atoms with Gasteiger partial charge in [0.1, 0.15) is 11.6 Å². The zero-order valence-electron chi connectivity index (χ0n) is 16.9. The van der Waals surface area contributed by atoms with Crippen molar-refractivity contribution in [2.75, 3.05) is 5.32 Å². The van der Waals surface area contributed by atoms with Gasteiger partial charge in [-0.3, -0.25) is 14.2 Å². The third kappa shape index (κ3) is 3.62. The SMILES string of the molecule is O=C(Nc1ccc(-c2nc3ccccc3n2C(F)F)cc1)C1CC2CCCC(C1)C2=O. The summed E-state index contributed by atoms with van der Waals surface area (Å²) >= 11 is 0. The summed E-state index contributed by atoms with van der Waals surface area (Å²) < 4.78 is 28.3. The molecule has 0 aliphatic heterocycles. The fraction of sp³-hybridized carbons (Fsp3) is 0.375. The van der Waals surface area contributed by atoms with Gasteiger partial charge in [0.25, 0.3) is 0 Å². The minimum atomic E-state index is -2.71. The molecule has 3 aromatic rings. The highest BCUT2D eigenvalue weighted by atomic mass is 19.3. The summed E-state index contributed by atoms with van der Waals surface area (Å²) in [6, 6.07) is 13.6. The Morgan fingerprint density at radius 3 is 2.39 bits per heavy atom. The van der Waals surface area contributed by atoms with Crippen molar-refractivity contribution in [3.05, 3.63) is 48.5 Å². The van der Waals surface area contributed by atoms with Crippen LogP contribution in [0.3, 0.4) is 0 Å². The highest BCUT2D eigenvalue weighted by Crippen LogP contribution is 2.40. The number of imidazole rings is 1. The molecule has 1 aromatic heterocycles. The van der Waals surface area contributed by atoms with Crippen molar-refractivity contribution in [2.45, 2.75) is 38.7 Å². The molecule has 5 nitrogen and oxygen atoms in total. The van der Waals surface area contributed by atoms with Gasteiger partial charge in [0.2, 0.25) is 5.91 Å². The smallest absolute Gasteiger partial charge is 0.320 e. The predicted octanol–water partition coefficient (Wildman–Crippen LogP) is 5.43. The van der Waals surface area contributed by atoms with E-state index >= 15 is 0 Å². The number of anilines is 1. The van der Waals surface area contributed by atoms with E-state index in [4.69, 9.17) is 0 Å². The summed E-state index contributed by atoms with van der Waals surface area (Å²) in [6.45, 7) is -2.71. The summed E-state index contributed by atoms with van der Waals surface area (Å²) in [5, 5.41) is 2.93. The van der Waals surface area contributed by atoms with Crippen LogP contribution in [0.4, 0.5) is 14.5 Å². The predicted molar refractivity (Wildman–Crippen MR) is 114 cm³/mol. The number of hydrogen-bond donors (Lipinski definition) is 1. The van der Waals surface area contributed by atoms with Crippen LogP contribution >= 0.6 is 0 Å². The van der Waals surface area contributed by atoms with Gasteiger partial charge in [0.05, 0.1) is 11.0 Å². The summed E-state index contributed by atoms with van der Waals surface area (Å²) in [5.74, 6) is 0.336. The standard InChI is InChI=1S/C24H23F2N3O2/c25-24(26)29-20-7-2-1-6-19(20)28-22(29)14-8-10-18(11-9-14)27-23(31)17-12-15-4-3-5-16(13-17)21(15)30/h1-2,6-11,15-17,24H,3-5,12-13H2,(H,27,31). The molecule has 1 amide bonds. The molecule has 2 aliphatic carbocycles. The number of fused-ring (bicyclic) bond motifs is 3. The van der Waals surface area contributed by atoms with Crippen LogP contribution in [0.1, 0.15) is 38.7 Å². The van der Waals surface area contributed by atoms with Crippen molar-refractivity contribution in [1.29, 1.82) is 0 Å². The number of carbonyl (C=O) groups excluding carboxylic acids is 2. The number of nitrogens with one attached hydrogen (secondary N) is 1. The first-order chi connectivity index (χ1) is 15.0. The van der Waals surface area contributed by atoms with E-state index in [-0.39, 0.29) is 29.5 Å². The number of rotatable bonds is 4. The van der Waals surface area contributed by atoms with Gasteiger partial charge >= 0.3 is 6.55 Å². The molecule has 2 aromatic carbocycles. The number of amides is 1. The quantitative estimate of drug-likeness (QED) is 0.608. The van der Waals surface area contributed by atoms with E-state index in [9.17, 15) is 18.4 Å². The maximum atomic E-state index is 13.7. The molecular formula is C24H23F2N3O2. The molecule has 2 fully saturated rings. The van der Waals surface area contributed by atoms with Gasteiger partial charge in [-0.25, -0.2) is 4.98 Å². The van der Waals surface area contributed by atoms with Crippen LogP contribution in [-0.2, 0) is 9.59 Å². The molecule has 5 rings (SSSR count). The maximum Gasteiger partial charge on any atom is 0.320 e. The lowest BCUT2D eigenvalue weighted by Gasteiger charge is -2.36. The molecule has 0 saturated heterocycles. The molecule has 2 saturated carbocycles. The first-order valence-electron chi connectivity index (χ1n) is 10.7. The molecule has 0 spiro atoms. The van der Waals surface area contributed by atoms with Gasteiger partial charge in [0.15, 0.2) is 0 Å². The molecular weight excluding hydrogens is 400 g/mol. The minimum absolute atomic E-state index is 0.0213. The monoisotopic (exact) mass is 423 g/mol. The van der Waals surface area contributed by atoms with Crippen LogP contribution in [0.15, 0.2) is 48.5 Å². The van der Waals surface area contributed by atoms with Crippen LogP contribution < -0.4 is 5.32 Å². The van der Waals surface area contributed by atoms with E-state index in [2.05, 4.69) is 10.3 Å². The molecule has 160 valence electrons. The molecule has 1 heterocycles. The topological polar surface area (TPSA) is 64.0 Å². The van der Waals surface area contributed by atoms with Crippen LogP contribution in [0, 0.1) is 17.8 Å². The molecule has 2 atom stereocenters. The summed E-state index contributed by atoms with van der Waals surface area (Å²) in [7, 11) is 0. The fourth-order valence-corrected chi connectivity index (χ4v) is 5.09. The summed E-state index contributed by atoms with van der Waals surface area (Å²) in [4.78, 5) is 29.4. The number of Topliss-reactive ketones (excluding diaryl/α,β-unsaturated/α-hetero) is 1. The van der Waals surface area contributed by atoms with Gasteiger partial charge in [0, 0.05) is 29.0 Å². The number of hydrogen-bond acceptors (Lipinski definition) is 3. The van der Waals surface area contributed by atoms with Crippen LogP contribution in [0.5, 0.6) is 0 Å². The highest BCUT2D eigenvalue weighted by molar-refractivity contribution is 5.95. The Labute approximate surface area is 178 Å². The van der Waals surface area contributed by atoms with Crippen molar-refractivity contribution >= 4 is 28.4 Å². The lowest BCUT2D eigenvalue weighted by atomic mass is 9.67. The number of halogens is 2. The normalized spacial score (nSPS) is 23.3. The van der Waals surface area contributed by atoms with Gasteiger partial charge in [-0.05, 0) is 62.1 Å². The van der Waals surface area contributed by atoms with Crippen molar-refractivity contribution in [3.63, 3.8) is 0 Å². The van der Waals surface area contributed by atoms with Crippen molar-refractivity contribution < 1.29 is 18.4 Å². The first-order valence-corrected chi connectivity index (χ1v) is 10.7. The van der Waals surface area contributed by atoms with Crippen molar-refractivity contribution in [1.82, 2.24) is 9.55 Å². The van der Waals surface area contributed by atoms with Gasteiger partial charge in [-0.15, -0.1) is 0 Å². The lowest BCUT2D eigenvalue weighted by Crippen LogP contribution is -2.40. The van der Waals surface area contributed by atoms with Crippen LogP contribution in [0.2, 0.25) is 0 Å². The van der Waals surface area contributed by atoms with E-state index in [0.29, 0.717) is 40.9 Å². The number of carbonyl (C=O) groups is 2. The van der Waals surface area contributed by atoms with Crippen molar-refractivity contribution in [3.8, 4) is 11.4 Å². The Kier molecular flexibility index (Phi) is 5.04. The Morgan fingerprint density at radius 1 is 1.03 bits per heavy atom. The minimum Gasteiger partial charge on any atom is -0.326 e. The van der Waals surface area contributed by atoms with Gasteiger partial charge < -0.3 is 5.32 Å². The number of aromatic nitrogens is 2. The molecule has 2 unspecified atom stereocenters. The second kappa shape index (κ2) is 7.87. The Balaban J connectivity index is 1.34. The Bertz CT molecular complexity index is 1120. The zero-order chi connectivity index (χ0) is 21.5. The molecule has 2 bridgehead atoms. The average Bonchev–Trinajstić information content (AvgIpc) is 3.14. The maximum absolute atomic E-state index is 13.7. The third-order valence-corrected chi connectivity index (χ3v) is 6.62. The van der Waals surface area contributed by atoms with E-state index in [1.165, 1.54) is 0 Å². The van der Waals surface area contributed by atoms with E-state index in [1.807, 2.05) is 0 Å². The molecule has 2 aliphatic rings.